The third-order valence-electron chi connectivity index (χ3n) is 4.65. The van der Waals surface area contributed by atoms with E-state index in [0.29, 0.717) is 18.0 Å². The zero-order valence-corrected chi connectivity index (χ0v) is 11.8. The lowest BCUT2D eigenvalue weighted by molar-refractivity contribution is -0.0135. The van der Waals surface area contributed by atoms with Crippen LogP contribution < -0.4 is 5.73 Å². The van der Waals surface area contributed by atoms with Gasteiger partial charge < -0.3 is 10.8 Å². The zero-order valence-electron chi connectivity index (χ0n) is 11.8. The molecule has 0 radical (unpaired) electrons. The van der Waals surface area contributed by atoms with Crippen LogP contribution in [0.2, 0.25) is 0 Å². The smallest absolute Gasteiger partial charge is 0.123 e. The molecule has 0 spiro atoms. The minimum Gasteiger partial charge on any atom is -0.388 e. The topological polar surface area (TPSA) is 46.2 Å². The number of hydrogen-bond donors (Lipinski definition) is 2. The summed E-state index contributed by atoms with van der Waals surface area (Å²) in [6, 6.07) is 4.62. The molecule has 106 valence electrons. The van der Waals surface area contributed by atoms with Gasteiger partial charge in [-0.1, -0.05) is 25.8 Å². The number of rotatable bonds is 3. The van der Waals surface area contributed by atoms with Crippen LogP contribution in [0.15, 0.2) is 18.2 Å². The third-order valence-corrected chi connectivity index (χ3v) is 4.65. The molecule has 3 unspecified atom stereocenters. The zero-order chi connectivity index (χ0) is 14.0. The van der Waals surface area contributed by atoms with Crippen molar-refractivity contribution >= 4 is 0 Å². The van der Waals surface area contributed by atoms with Crippen molar-refractivity contribution in [1.82, 2.24) is 0 Å². The number of benzene rings is 1. The van der Waals surface area contributed by atoms with Crippen molar-refractivity contribution in [3.8, 4) is 0 Å². The predicted octanol–water partition coefficient (Wildman–Crippen LogP) is 3.32. The maximum Gasteiger partial charge on any atom is 0.123 e. The lowest BCUT2D eigenvalue weighted by Crippen LogP contribution is -2.40. The number of hydrogen-bond acceptors (Lipinski definition) is 2. The minimum atomic E-state index is -0.670. The number of aryl methyl sites for hydroxylation is 1. The van der Waals surface area contributed by atoms with Crippen LogP contribution in [0.5, 0.6) is 0 Å². The molecule has 0 heterocycles. The van der Waals surface area contributed by atoms with Gasteiger partial charge in [0, 0.05) is 12.0 Å². The Bertz CT molecular complexity index is 448. The molecule has 2 nitrogen and oxygen atoms in total. The van der Waals surface area contributed by atoms with Crippen LogP contribution in [0.3, 0.4) is 0 Å². The second-order valence-corrected chi connectivity index (χ2v) is 6.17. The average molecular weight is 265 g/mol. The first-order valence-corrected chi connectivity index (χ1v) is 7.13. The summed E-state index contributed by atoms with van der Waals surface area (Å²) < 4.78 is 13.4. The fourth-order valence-corrected chi connectivity index (χ4v) is 3.48. The van der Waals surface area contributed by atoms with Crippen molar-refractivity contribution in [2.24, 2.45) is 17.1 Å². The molecule has 0 aliphatic heterocycles. The molecule has 0 saturated heterocycles. The first kappa shape index (κ1) is 14.5. The number of halogens is 1. The van der Waals surface area contributed by atoms with Gasteiger partial charge in [-0.3, -0.25) is 0 Å². The summed E-state index contributed by atoms with van der Waals surface area (Å²) in [6.45, 7) is 4.57. The molecule has 1 aliphatic rings. The Kier molecular flexibility index (Phi) is 4.26. The molecule has 3 N–H and O–H groups in total. The van der Waals surface area contributed by atoms with E-state index >= 15 is 0 Å². The highest BCUT2D eigenvalue weighted by atomic mass is 19.1. The second-order valence-electron chi connectivity index (χ2n) is 6.17. The molecular weight excluding hydrogens is 241 g/mol. The Morgan fingerprint density at radius 2 is 2.26 bits per heavy atom. The number of aliphatic hydroxyl groups excluding tert-OH is 1. The fraction of sp³-hybridized carbons (Fsp3) is 0.625. The highest BCUT2D eigenvalue weighted by Gasteiger charge is 2.41. The van der Waals surface area contributed by atoms with E-state index in [1.165, 1.54) is 18.6 Å². The van der Waals surface area contributed by atoms with E-state index in [1.807, 2.05) is 6.92 Å². The summed E-state index contributed by atoms with van der Waals surface area (Å²) in [5, 5.41) is 10.8. The summed E-state index contributed by atoms with van der Waals surface area (Å²) in [5.41, 5.74) is 7.30. The quantitative estimate of drug-likeness (QED) is 0.880. The van der Waals surface area contributed by atoms with E-state index in [1.54, 1.807) is 6.07 Å². The molecular formula is C16H24FNO. The molecule has 0 bridgehead atoms. The van der Waals surface area contributed by atoms with E-state index in [-0.39, 0.29) is 11.2 Å². The normalized spacial score (nSPS) is 29.2. The van der Waals surface area contributed by atoms with Crippen LogP contribution in [0, 0.1) is 24.1 Å². The summed E-state index contributed by atoms with van der Waals surface area (Å²) in [5.74, 6) is 0.275. The Labute approximate surface area is 114 Å². The van der Waals surface area contributed by atoms with Gasteiger partial charge in [0.1, 0.15) is 5.82 Å². The molecule has 3 atom stereocenters. The lowest BCUT2D eigenvalue weighted by atomic mass is 9.65. The molecule has 1 aliphatic carbocycles. The minimum absolute atomic E-state index is 0.295. The van der Waals surface area contributed by atoms with Crippen LogP contribution in [0.1, 0.15) is 49.8 Å². The van der Waals surface area contributed by atoms with Gasteiger partial charge in [-0.05, 0) is 48.9 Å². The molecule has 1 aromatic carbocycles. The molecule has 1 aromatic rings. The van der Waals surface area contributed by atoms with Crippen molar-refractivity contribution in [1.29, 1.82) is 0 Å². The maximum atomic E-state index is 13.4. The van der Waals surface area contributed by atoms with Crippen LogP contribution in [0.25, 0.3) is 0 Å². The number of aliphatic hydroxyl groups is 1. The van der Waals surface area contributed by atoms with E-state index in [0.717, 1.165) is 24.8 Å². The maximum absolute atomic E-state index is 13.4. The van der Waals surface area contributed by atoms with Crippen LogP contribution in [-0.4, -0.2) is 11.7 Å². The van der Waals surface area contributed by atoms with E-state index in [4.69, 9.17) is 5.73 Å². The molecule has 1 saturated carbocycles. The molecule has 19 heavy (non-hydrogen) atoms. The summed E-state index contributed by atoms with van der Waals surface area (Å²) in [7, 11) is 0. The van der Waals surface area contributed by atoms with Crippen molar-refractivity contribution in [2.75, 3.05) is 6.54 Å². The van der Waals surface area contributed by atoms with E-state index in [2.05, 4.69) is 6.92 Å². The SMILES string of the molecule is Cc1ccc(F)cc1C(O)C1(CN)CCCC(C)C1. The lowest BCUT2D eigenvalue weighted by Gasteiger charge is -2.43. The molecule has 1 fully saturated rings. The van der Waals surface area contributed by atoms with Gasteiger partial charge in [0.05, 0.1) is 6.10 Å². The van der Waals surface area contributed by atoms with E-state index in [9.17, 15) is 9.50 Å². The van der Waals surface area contributed by atoms with Gasteiger partial charge in [0.2, 0.25) is 0 Å². The molecule has 2 rings (SSSR count). The predicted molar refractivity (Wildman–Crippen MR) is 75.2 cm³/mol. The Hall–Kier alpha value is -0.930. The monoisotopic (exact) mass is 265 g/mol. The largest absolute Gasteiger partial charge is 0.388 e. The average Bonchev–Trinajstić information content (AvgIpc) is 2.40. The van der Waals surface area contributed by atoms with Gasteiger partial charge in [-0.25, -0.2) is 4.39 Å². The van der Waals surface area contributed by atoms with Gasteiger partial charge in [-0.15, -0.1) is 0 Å². The van der Waals surface area contributed by atoms with Crippen LogP contribution in [0.4, 0.5) is 4.39 Å². The molecule has 0 amide bonds. The third kappa shape index (κ3) is 2.82. The van der Waals surface area contributed by atoms with Gasteiger partial charge in [0.25, 0.3) is 0 Å². The van der Waals surface area contributed by atoms with Crippen molar-refractivity contribution in [3.05, 3.63) is 35.1 Å². The summed E-state index contributed by atoms with van der Waals surface area (Å²) in [4.78, 5) is 0. The van der Waals surface area contributed by atoms with Gasteiger partial charge >= 0.3 is 0 Å². The highest BCUT2D eigenvalue weighted by Crippen LogP contribution is 2.47. The summed E-state index contributed by atoms with van der Waals surface area (Å²) in [6.07, 6.45) is 3.45. The van der Waals surface area contributed by atoms with Crippen LogP contribution >= 0.6 is 0 Å². The first-order chi connectivity index (χ1) is 8.98. The Morgan fingerprint density at radius 1 is 1.53 bits per heavy atom. The van der Waals surface area contributed by atoms with Gasteiger partial charge in [-0.2, -0.15) is 0 Å². The summed E-state index contributed by atoms with van der Waals surface area (Å²) >= 11 is 0. The van der Waals surface area contributed by atoms with Crippen molar-refractivity contribution in [2.45, 2.75) is 45.6 Å². The number of nitrogens with two attached hydrogens (primary N) is 1. The standard InChI is InChI=1S/C16H24FNO/c1-11-4-3-7-16(9-11,10-18)15(19)14-8-13(17)6-5-12(14)2/h5-6,8,11,15,19H,3-4,7,9-10,18H2,1-2H3. The molecule has 0 aromatic heterocycles. The molecule has 3 heteroatoms. The second kappa shape index (κ2) is 5.59. The fourth-order valence-electron chi connectivity index (χ4n) is 3.48. The van der Waals surface area contributed by atoms with Gasteiger partial charge in [0.15, 0.2) is 0 Å². The van der Waals surface area contributed by atoms with Crippen molar-refractivity contribution < 1.29 is 9.50 Å². The van der Waals surface area contributed by atoms with Crippen LogP contribution in [-0.2, 0) is 0 Å². The first-order valence-electron chi connectivity index (χ1n) is 7.13. The van der Waals surface area contributed by atoms with E-state index < -0.39 is 6.10 Å². The highest BCUT2D eigenvalue weighted by molar-refractivity contribution is 5.30. The van der Waals surface area contributed by atoms with Crippen molar-refractivity contribution in [3.63, 3.8) is 0 Å². The Morgan fingerprint density at radius 3 is 2.89 bits per heavy atom. The Balaban J connectivity index is 2.34.